The van der Waals surface area contributed by atoms with Crippen molar-refractivity contribution in [3.05, 3.63) is 57.7 Å². The predicted molar refractivity (Wildman–Crippen MR) is 96.6 cm³/mol. The summed E-state index contributed by atoms with van der Waals surface area (Å²) in [5, 5.41) is 16.1. The number of fused-ring (bicyclic) bond motifs is 1. The molecule has 0 spiro atoms. The average molecular weight is 429 g/mol. The highest BCUT2D eigenvalue weighted by Crippen LogP contribution is 2.43. The molecule has 0 bridgehead atoms. The summed E-state index contributed by atoms with van der Waals surface area (Å²) >= 11 is 6.19. The number of carbonyl (C=O) groups is 1. The van der Waals surface area contributed by atoms with Gasteiger partial charge in [0.25, 0.3) is 0 Å². The molecule has 0 fully saturated rings. The lowest BCUT2D eigenvalue weighted by atomic mass is 10.00. The van der Waals surface area contributed by atoms with Crippen molar-refractivity contribution in [3.8, 4) is 11.5 Å². The summed E-state index contributed by atoms with van der Waals surface area (Å²) in [5.41, 5.74) is 1.07. The Morgan fingerprint density at radius 1 is 1.21 bits per heavy atom. The van der Waals surface area contributed by atoms with Crippen molar-refractivity contribution >= 4 is 34.5 Å². The number of hydrogen-bond acceptors (Lipinski definition) is 5. The van der Waals surface area contributed by atoms with Crippen LogP contribution in [0.1, 0.15) is 22.4 Å². The van der Waals surface area contributed by atoms with Crippen LogP contribution in [0.4, 0.5) is 13.6 Å². The van der Waals surface area contributed by atoms with E-state index in [0.29, 0.717) is 21.5 Å². The summed E-state index contributed by atoms with van der Waals surface area (Å²) in [6.45, 7) is 1.83. The lowest BCUT2D eigenvalue weighted by Gasteiger charge is -2.11. The molecule has 0 atom stereocenters. The average Bonchev–Trinajstić information content (AvgIpc) is 3.04. The zero-order chi connectivity index (χ0) is 21.1. The molecule has 3 rings (SSSR count). The number of aryl methyl sites for hydroxylation is 1. The van der Waals surface area contributed by atoms with E-state index >= 15 is 0 Å². The number of aromatic nitrogens is 2. The fourth-order valence-electron chi connectivity index (χ4n) is 2.89. The Bertz CT molecular complexity index is 1120. The Morgan fingerprint density at radius 2 is 1.93 bits per heavy atom. The van der Waals surface area contributed by atoms with Crippen molar-refractivity contribution in [2.24, 2.45) is 0 Å². The van der Waals surface area contributed by atoms with Crippen molar-refractivity contribution in [1.82, 2.24) is 9.94 Å². The lowest BCUT2D eigenvalue weighted by Crippen LogP contribution is -2.04. The van der Waals surface area contributed by atoms with Gasteiger partial charge in [-0.15, -0.1) is 5.10 Å². The first-order chi connectivity index (χ1) is 13.9. The van der Waals surface area contributed by atoms with Crippen LogP contribution in [0.15, 0.2) is 30.3 Å². The Balaban J connectivity index is 2.25. The van der Waals surface area contributed by atoms with E-state index in [2.05, 4.69) is 20.0 Å². The van der Waals surface area contributed by atoms with E-state index in [0.717, 1.165) is 11.6 Å². The van der Waals surface area contributed by atoms with Crippen LogP contribution in [0.5, 0.6) is 11.5 Å². The quantitative estimate of drug-likeness (QED) is 0.557. The zero-order valence-corrected chi connectivity index (χ0v) is 15.4. The minimum Gasteiger partial charge on any atom is -0.478 e. The molecule has 0 radical (unpaired) electrons. The van der Waals surface area contributed by atoms with Crippen LogP contribution in [0.25, 0.3) is 17.0 Å². The van der Waals surface area contributed by atoms with Gasteiger partial charge in [0.05, 0.1) is 5.39 Å². The Hall–Kier alpha value is -3.40. The minimum absolute atomic E-state index is 0.0254. The molecular formula is C18H12ClF3N2O5. The van der Waals surface area contributed by atoms with Crippen molar-refractivity contribution in [1.29, 1.82) is 0 Å². The minimum atomic E-state index is -1.34. The first kappa shape index (κ1) is 20.3. The van der Waals surface area contributed by atoms with Crippen molar-refractivity contribution in [3.63, 3.8) is 0 Å². The van der Waals surface area contributed by atoms with Gasteiger partial charge in [-0.05, 0) is 36.3 Å². The van der Waals surface area contributed by atoms with Gasteiger partial charge in [-0.25, -0.2) is 4.79 Å². The van der Waals surface area contributed by atoms with E-state index in [9.17, 15) is 18.4 Å². The highest BCUT2D eigenvalue weighted by atomic mass is 35.5. The molecular weight excluding hydrogens is 417 g/mol. The molecule has 7 nitrogen and oxygen atoms in total. The molecule has 2 aromatic carbocycles. The normalized spacial score (nSPS) is 11.2. The molecule has 11 heteroatoms. The monoisotopic (exact) mass is 428 g/mol. The number of hydrogen-bond donors (Lipinski definition) is 1. The summed E-state index contributed by atoms with van der Waals surface area (Å²) < 4.78 is 39.7. The second kappa shape index (κ2) is 8.31. The first-order valence-corrected chi connectivity index (χ1v) is 8.38. The van der Waals surface area contributed by atoms with Crippen LogP contribution in [-0.2, 0) is 11.2 Å². The summed E-state index contributed by atoms with van der Waals surface area (Å²) in [4.78, 5) is 18.7. The molecule has 152 valence electrons. The number of nitrogens with zero attached hydrogens (tertiary/aromatic N) is 2. The Kier molecular flexibility index (Phi) is 5.83. The van der Waals surface area contributed by atoms with E-state index in [1.807, 2.05) is 6.92 Å². The van der Waals surface area contributed by atoms with Gasteiger partial charge in [0.1, 0.15) is 11.2 Å². The molecule has 29 heavy (non-hydrogen) atoms. The van der Waals surface area contributed by atoms with Crippen LogP contribution >= 0.6 is 11.6 Å². The highest BCUT2D eigenvalue weighted by Gasteiger charge is 2.26. The first-order valence-electron chi connectivity index (χ1n) is 8.00. The van der Waals surface area contributed by atoms with Crippen LogP contribution in [-0.4, -0.2) is 21.0 Å². The molecule has 3 aromatic rings. The molecule has 1 aromatic heterocycles. The largest absolute Gasteiger partial charge is 0.478 e. The maximum Gasteiger partial charge on any atom is 0.328 e. The van der Waals surface area contributed by atoms with E-state index < -0.39 is 17.5 Å². The number of aliphatic carboxylic acids is 1. The number of benzene rings is 2. The number of carboxylic acid groups (broad SMARTS) is 1. The van der Waals surface area contributed by atoms with E-state index in [1.165, 1.54) is 6.07 Å². The third kappa shape index (κ3) is 3.92. The summed E-state index contributed by atoms with van der Waals surface area (Å²) in [6.07, 6.45) is 1.58. The predicted octanol–water partition coefficient (Wildman–Crippen LogP) is 4.53. The maximum atomic E-state index is 13.4. The number of carboxylic acids is 1. The molecule has 0 amide bonds. The van der Waals surface area contributed by atoms with E-state index in [-0.39, 0.29) is 28.6 Å². The van der Waals surface area contributed by atoms with Gasteiger partial charge in [-0.1, -0.05) is 28.6 Å². The molecule has 0 aliphatic heterocycles. The molecule has 1 N–H and O–H groups in total. The number of rotatable bonds is 7. The van der Waals surface area contributed by atoms with Crippen LogP contribution in [0.2, 0.25) is 5.02 Å². The van der Waals surface area contributed by atoms with Crippen LogP contribution in [0.3, 0.4) is 0 Å². The third-order valence-electron chi connectivity index (χ3n) is 4.15. The van der Waals surface area contributed by atoms with Gasteiger partial charge >= 0.3 is 5.97 Å². The van der Waals surface area contributed by atoms with Gasteiger partial charge in [0.15, 0.2) is 0 Å². The molecule has 0 unspecified atom stereocenters. The van der Waals surface area contributed by atoms with Gasteiger partial charge in [0, 0.05) is 36.7 Å². The molecule has 0 saturated heterocycles. The standard InChI is InChI=1S/C18H12ClF3N2O5/c1-9-2-3-10(12(19)6-9)7-11-8-14-16(18(28-21)17(11)27-20)13(4-5-15(25)26)23-24(14)29-22/h2-6,8H,7H2,1H3,(H,25,26)/b5-4+. The second-order valence-electron chi connectivity index (χ2n) is 6.01. The van der Waals surface area contributed by atoms with Gasteiger partial charge in [0.2, 0.25) is 11.5 Å². The Labute approximate surface area is 166 Å². The molecule has 1 heterocycles. The van der Waals surface area contributed by atoms with Gasteiger partial charge < -0.3 is 5.11 Å². The highest BCUT2D eigenvalue weighted by molar-refractivity contribution is 6.31. The maximum absolute atomic E-state index is 13.4. The molecule has 0 aliphatic carbocycles. The van der Waals surface area contributed by atoms with E-state index in [4.69, 9.17) is 16.7 Å². The third-order valence-corrected chi connectivity index (χ3v) is 4.50. The lowest BCUT2D eigenvalue weighted by molar-refractivity contribution is -0.146. The SMILES string of the molecule is Cc1ccc(Cc2cc3c(c(/C=C/C(=O)O)nn3OF)c(OF)c2OF)c(Cl)c1. The van der Waals surface area contributed by atoms with Gasteiger partial charge in [-0.3, -0.25) is 9.88 Å². The fourth-order valence-corrected chi connectivity index (χ4v) is 3.19. The van der Waals surface area contributed by atoms with Crippen molar-refractivity contribution in [2.45, 2.75) is 13.3 Å². The van der Waals surface area contributed by atoms with E-state index in [1.54, 1.807) is 18.2 Å². The Morgan fingerprint density at radius 3 is 2.52 bits per heavy atom. The second-order valence-corrected chi connectivity index (χ2v) is 6.42. The van der Waals surface area contributed by atoms with Crippen LogP contribution < -0.4 is 14.9 Å². The summed E-state index contributed by atoms with van der Waals surface area (Å²) in [7, 11) is 0. The fraction of sp³-hybridized carbons (Fsp3) is 0.111. The van der Waals surface area contributed by atoms with Crippen molar-refractivity contribution < 1.29 is 38.4 Å². The summed E-state index contributed by atoms with van der Waals surface area (Å²) in [6, 6.07) is 6.37. The molecule has 0 saturated carbocycles. The summed E-state index contributed by atoms with van der Waals surface area (Å²) in [5.74, 6) is -2.75. The topological polar surface area (TPSA) is 82.8 Å². The zero-order valence-electron chi connectivity index (χ0n) is 14.7. The number of halogens is 4. The van der Waals surface area contributed by atoms with Gasteiger partial charge in [-0.2, -0.15) is 5.04 Å². The van der Waals surface area contributed by atoms with Crippen LogP contribution in [0, 0.1) is 6.92 Å². The smallest absolute Gasteiger partial charge is 0.328 e. The van der Waals surface area contributed by atoms with Crippen molar-refractivity contribution in [2.75, 3.05) is 0 Å². The molecule has 0 aliphatic rings.